The van der Waals surface area contributed by atoms with Gasteiger partial charge < -0.3 is 9.32 Å². The highest BCUT2D eigenvalue weighted by atomic mass is 16.3. The summed E-state index contributed by atoms with van der Waals surface area (Å²) in [6, 6.07) is 63.7. The van der Waals surface area contributed by atoms with Gasteiger partial charge in [-0.25, -0.2) is 0 Å². The molecule has 242 valence electrons. The normalized spacial score (nSPS) is 14.5. The Kier molecular flexibility index (Phi) is 6.89. The lowest BCUT2D eigenvalue weighted by Gasteiger charge is -2.36. The van der Waals surface area contributed by atoms with Crippen LogP contribution in [-0.4, -0.2) is 0 Å². The topological polar surface area (TPSA) is 16.4 Å². The van der Waals surface area contributed by atoms with Gasteiger partial charge in [-0.3, -0.25) is 0 Å². The molecule has 2 heteroatoms. The molecule has 2 aliphatic rings. The minimum Gasteiger partial charge on any atom is -0.456 e. The molecule has 0 aliphatic heterocycles. The van der Waals surface area contributed by atoms with Crippen molar-refractivity contribution in [2.24, 2.45) is 0 Å². The fourth-order valence-corrected chi connectivity index (χ4v) is 8.74. The maximum atomic E-state index is 6.36. The number of allylic oxidation sites excluding steroid dienone is 4. The van der Waals surface area contributed by atoms with Crippen LogP contribution in [0.3, 0.4) is 0 Å². The van der Waals surface area contributed by atoms with Crippen molar-refractivity contribution in [3.8, 4) is 11.1 Å². The summed E-state index contributed by atoms with van der Waals surface area (Å²) in [4.78, 5) is 2.34. The molecule has 0 amide bonds. The summed E-state index contributed by atoms with van der Waals surface area (Å²) in [7, 11) is 0. The van der Waals surface area contributed by atoms with E-state index in [0.717, 1.165) is 51.8 Å². The molecule has 10 rings (SSSR count). The number of furan rings is 1. The lowest BCUT2D eigenvalue weighted by molar-refractivity contribution is 0.669. The maximum absolute atomic E-state index is 6.36. The van der Waals surface area contributed by atoms with Crippen LogP contribution in [0.15, 0.2) is 198 Å². The van der Waals surface area contributed by atoms with Gasteiger partial charge in [-0.1, -0.05) is 140 Å². The second-order valence-electron chi connectivity index (χ2n) is 13.5. The number of para-hydroxylation sites is 2. The second-order valence-corrected chi connectivity index (χ2v) is 13.5. The van der Waals surface area contributed by atoms with E-state index >= 15 is 0 Å². The van der Waals surface area contributed by atoms with Gasteiger partial charge in [0.1, 0.15) is 11.2 Å². The number of hydrogen-bond acceptors (Lipinski definition) is 2. The van der Waals surface area contributed by atoms with E-state index in [-0.39, 0.29) is 5.41 Å². The number of rotatable bonds is 6. The molecule has 0 saturated carbocycles. The van der Waals surface area contributed by atoms with E-state index < -0.39 is 0 Å². The van der Waals surface area contributed by atoms with Crippen LogP contribution >= 0.6 is 0 Å². The van der Waals surface area contributed by atoms with Crippen molar-refractivity contribution in [3.63, 3.8) is 0 Å². The lowest BCUT2D eigenvalue weighted by atomic mass is 9.65. The fraction of sp³-hybridized carbons (Fsp3) is 0.0612. The van der Waals surface area contributed by atoms with Crippen LogP contribution in [0.5, 0.6) is 0 Å². The van der Waals surface area contributed by atoms with Crippen molar-refractivity contribution in [3.05, 3.63) is 216 Å². The van der Waals surface area contributed by atoms with Gasteiger partial charge in [0.05, 0.1) is 5.41 Å². The molecule has 51 heavy (non-hydrogen) atoms. The van der Waals surface area contributed by atoms with Gasteiger partial charge in [-0.2, -0.15) is 0 Å². The number of nitrogens with zero attached hydrogens (tertiary/aromatic N) is 1. The molecule has 2 aliphatic carbocycles. The molecule has 0 fully saturated rings. The van der Waals surface area contributed by atoms with Gasteiger partial charge in [-0.05, 0) is 99.8 Å². The number of fused-ring (bicyclic) bond motifs is 5. The molecule has 7 aromatic carbocycles. The Morgan fingerprint density at radius 2 is 1.16 bits per heavy atom. The monoisotopic (exact) mass is 653 g/mol. The Balaban J connectivity index is 1.18. The van der Waals surface area contributed by atoms with Gasteiger partial charge in [0.2, 0.25) is 0 Å². The maximum Gasteiger partial charge on any atom is 0.137 e. The third kappa shape index (κ3) is 4.57. The van der Waals surface area contributed by atoms with Gasteiger partial charge in [0.15, 0.2) is 0 Å². The average molecular weight is 654 g/mol. The molecular formula is C49H35NO. The van der Waals surface area contributed by atoms with E-state index in [2.05, 4.69) is 181 Å². The van der Waals surface area contributed by atoms with Crippen LogP contribution in [0.1, 0.15) is 35.1 Å². The molecular weight excluding hydrogens is 619 g/mol. The molecule has 0 bridgehead atoms. The molecule has 1 aromatic heterocycles. The van der Waals surface area contributed by atoms with Crippen LogP contribution in [0.4, 0.5) is 17.1 Å². The minimum atomic E-state index is -0.358. The zero-order valence-electron chi connectivity index (χ0n) is 28.2. The number of benzene rings is 7. The smallest absolute Gasteiger partial charge is 0.137 e. The van der Waals surface area contributed by atoms with Crippen LogP contribution in [0, 0.1) is 0 Å². The van der Waals surface area contributed by atoms with Crippen molar-refractivity contribution in [1.29, 1.82) is 0 Å². The highest BCUT2D eigenvalue weighted by molar-refractivity contribution is 6.06. The van der Waals surface area contributed by atoms with E-state index in [1.54, 1.807) is 0 Å². The highest BCUT2D eigenvalue weighted by Gasteiger charge is 2.48. The van der Waals surface area contributed by atoms with E-state index in [0.29, 0.717) is 0 Å². The zero-order valence-corrected chi connectivity index (χ0v) is 28.2. The Labute approximate surface area is 298 Å². The molecule has 0 N–H and O–H groups in total. The first-order valence-electron chi connectivity index (χ1n) is 17.8. The predicted molar refractivity (Wildman–Crippen MR) is 212 cm³/mol. The largest absolute Gasteiger partial charge is 0.456 e. The molecule has 0 spiro atoms. The minimum absolute atomic E-state index is 0.358. The summed E-state index contributed by atoms with van der Waals surface area (Å²) in [6.45, 7) is 0. The summed E-state index contributed by atoms with van der Waals surface area (Å²) in [5, 5.41) is 2.26. The van der Waals surface area contributed by atoms with Crippen LogP contribution in [0.2, 0.25) is 0 Å². The average Bonchev–Trinajstić information content (AvgIpc) is 3.73. The van der Waals surface area contributed by atoms with Gasteiger partial charge >= 0.3 is 0 Å². The van der Waals surface area contributed by atoms with E-state index in [1.807, 2.05) is 12.1 Å². The quantitative estimate of drug-likeness (QED) is 0.178. The summed E-state index contributed by atoms with van der Waals surface area (Å²) in [6.07, 6.45) is 6.81. The first-order valence-corrected chi connectivity index (χ1v) is 17.8. The Morgan fingerprint density at radius 3 is 1.94 bits per heavy atom. The zero-order chi connectivity index (χ0) is 33.8. The van der Waals surface area contributed by atoms with Crippen LogP contribution < -0.4 is 4.90 Å². The summed E-state index contributed by atoms with van der Waals surface area (Å²) >= 11 is 0. The third-order valence-corrected chi connectivity index (χ3v) is 10.8. The van der Waals surface area contributed by atoms with Crippen molar-refractivity contribution >= 4 is 44.6 Å². The predicted octanol–water partition coefficient (Wildman–Crippen LogP) is 13.2. The molecule has 2 nitrogen and oxygen atoms in total. The van der Waals surface area contributed by atoms with E-state index in [9.17, 15) is 0 Å². The number of hydrogen-bond donors (Lipinski definition) is 0. The Bertz CT molecular complexity index is 2590. The SMILES string of the molecule is C1=CC2=C(CC1)C(c1ccccc1)(c1ccccc1)c1cccc(-c3cccc(N(c4ccccc4)c4ccc5c(c4)oc4ccccc45)c3)c12. The second kappa shape index (κ2) is 11.9. The van der Waals surface area contributed by atoms with Crippen molar-refractivity contribution in [2.45, 2.75) is 18.3 Å². The van der Waals surface area contributed by atoms with Crippen molar-refractivity contribution in [1.82, 2.24) is 0 Å². The highest BCUT2D eigenvalue weighted by Crippen LogP contribution is 2.59. The van der Waals surface area contributed by atoms with E-state index in [4.69, 9.17) is 4.42 Å². The Morgan fingerprint density at radius 1 is 0.510 bits per heavy atom. The molecule has 1 heterocycles. The first-order chi connectivity index (χ1) is 25.3. The molecule has 8 aromatic rings. The fourth-order valence-electron chi connectivity index (χ4n) is 8.74. The summed E-state index contributed by atoms with van der Waals surface area (Å²) in [5.41, 5.74) is 15.3. The summed E-state index contributed by atoms with van der Waals surface area (Å²) in [5.74, 6) is 0. The van der Waals surface area contributed by atoms with Gasteiger partial charge in [0.25, 0.3) is 0 Å². The first kappa shape index (κ1) is 29.5. The van der Waals surface area contributed by atoms with Crippen molar-refractivity contribution in [2.75, 3.05) is 4.90 Å². The third-order valence-electron chi connectivity index (χ3n) is 10.8. The van der Waals surface area contributed by atoms with Crippen molar-refractivity contribution < 1.29 is 4.42 Å². The van der Waals surface area contributed by atoms with Gasteiger partial charge in [-0.15, -0.1) is 0 Å². The van der Waals surface area contributed by atoms with Gasteiger partial charge in [0, 0.05) is 33.9 Å². The Hall–Kier alpha value is -6.38. The molecule has 0 unspecified atom stereocenters. The van der Waals surface area contributed by atoms with E-state index in [1.165, 1.54) is 44.5 Å². The number of anilines is 3. The lowest BCUT2D eigenvalue weighted by Crippen LogP contribution is -2.30. The summed E-state index contributed by atoms with van der Waals surface area (Å²) < 4.78 is 6.36. The van der Waals surface area contributed by atoms with Crippen LogP contribution in [0.25, 0.3) is 38.6 Å². The molecule has 0 radical (unpaired) electrons. The molecule has 0 atom stereocenters. The standard InChI is InChI=1S/C49H35NO/c1-4-17-35(18-5-1)49(36-19-6-2-7-20-36)44-27-12-10-25-43(44)48-40(26-15-28-45(48)49)34-16-14-23-38(32-34)50(37-21-8-3-9-22-37)39-30-31-42-41-24-11-13-29-46(41)51-47(42)33-39/h1-11,13-26,28-33H,12,27H2. The van der Waals surface area contributed by atoms with Crippen LogP contribution in [-0.2, 0) is 5.41 Å². The molecule has 0 saturated heterocycles.